The molecule has 0 atom stereocenters. The zero-order chi connectivity index (χ0) is 15.4. The van der Waals surface area contributed by atoms with Gasteiger partial charge in [0.05, 0.1) is 5.69 Å². The third-order valence-electron chi connectivity index (χ3n) is 3.23. The molecule has 0 aliphatic carbocycles. The lowest BCUT2D eigenvalue weighted by Crippen LogP contribution is -2.01. The molecule has 110 valence electrons. The van der Waals surface area contributed by atoms with Crippen molar-refractivity contribution in [2.45, 2.75) is 6.54 Å². The molecule has 0 fully saturated rings. The van der Waals surface area contributed by atoms with Crippen molar-refractivity contribution in [2.24, 2.45) is 0 Å². The molecule has 0 amide bonds. The molecule has 0 saturated heterocycles. The van der Waals surface area contributed by atoms with E-state index in [2.05, 4.69) is 15.3 Å². The average Bonchev–Trinajstić information content (AvgIpc) is 2.57. The van der Waals surface area contributed by atoms with Crippen molar-refractivity contribution in [3.63, 3.8) is 0 Å². The Kier molecular flexibility index (Phi) is 4.05. The summed E-state index contributed by atoms with van der Waals surface area (Å²) in [5.41, 5.74) is 3.43. The van der Waals surface area contributed by atoms with Gasteiger partial charge in [0, 0.05) is 36.9 Å². The van der Waals surface area contributed by atoms with E-state index < -0.39 is 11.6 Å². The second-order valence-corrected chi connectivity index (χ2v) is 4.80. The predicted octanol–water partition coefficient (Wildman–Crippen LogP) is 4.03. The van der Waals surface area contributed by atoms with Crippen molar-refractivity contribution >= 4 is 5.69 Å². The van der Waals surface area contributed by atoms with E-state index in [0.29, 0.717) is 12.1 Å². The maximum absolute atomic E-state index is 13.2. The molecule has 0 aliphatic heterocycles. The monoisotopic (exact) mass is 297 g/mol. The molecule has 1 aromatic carbocycles. The highest BCUT2D eigenvalue weighted by Crippen LogP contribution is 2.21. The van der Waals surface area contributed by atoms with Crippen molar-refractivity contribution in [1.82, 2.24) is 9.97 Å². The van der Waals surface area contributed by atoms with Gasteiger partial charge in [-0.3, -0.25) is 9.97 Å². The van der Waals surface area contributed by atoms with Crippen LogP contribution in [0.2, 0.25) is 0 Å². The second kappa shape index (κ2) is 6.30. The molecule has 0 saturated carbocycles. The SMILES string of the molecule is Fc1ccc(CNc2cncc(-c3ccncc3)c2)cc1F. The van der Waals surface area contributed by atoms with Crippen LogP contribution in [0.15, 0.2) is 61.2 Å². The van der Waals surface area contributed by atoms with Crippen molar-refractivity contribution in [3.8, 4) is 11.1 Å². The molecule has 0 bridgehead atoms. The number of aromatic nitrogens is 2. The van der Waals surface area contributed by atoms with Crippen LogP contribution in [0.4, 0.5) is 14.5 Å². The first-order valence-corrected chi connectivity index (χ1v) is 6.75. The quantitative estimate of drug-likeness (QED) is 0.790. The molecule has 0 radical (unpaired) electrons. The Morgan fingerprint density at radius 1 is 0.818 bits per heavy atom. The summed E-state index contributed by atoms with van der Waals surface area (Å²) < 4.78 is 26.1. The van der Waals surface area contributed by atoms with Gasteiger partial charge in [0.1, 0.15) is 0 Å². The first-order valence-electron chi connectivity index (χ1n) is 6.75. The Morgan fingerprint density at radius 3 is 2.41 bits per heavy atom. The van der Waals surface area contributed by atoms with E-state index >= 15 is 0 Å². The zero-order valence-corrected chi connectivity index (χ0v) is 11.6. The van der Waals surface area contributed by atoms with Gasteiger partial charge in [0.2, 0.25) is 0 Å². The van der Waals surface area contributed by atoms with Gasteiger partial charge >= 0.3 is 0 Å². The molecule has 3 aromatic rings. The van der Waals surface area contributed by atoms with E-state index in [9.17, 15) is 8.78 Å². The van der Waals surface area contributed by atoms with E-state index in [-0.39, 0.29) is 0 Å². The fourth-order valence-corrected chi connectivity index (χ4v) is 2.09. The van der Waals surface area contributed by atoms with Crippen LogP contribution in [-0.2, 0) is 6.54 Å². The van der Waals surface area contributed by atoms with Crippen LogP contribution < -0.4 is 5.32 Å². The van der Waals surface area contributed by atoms with E-state index in [4.69, 9.17) is 0 Å². The average molecular weight is 297 g/mol. The lowest BCUT2D eigenvalue weighted by molar-refractivity contribution is 0.507. The first-order chi connectivity index (χ1) is 10.7. The molecule has 1 N–H and O–H groups in total. The van der Waals surface area contributed by atoms with Gasteiger partial charge in [0.15, 0.2) is 11.6 Å². The molecule has 3 nitrogen and oxygen atoms in total. The topological polar surface area (TPSA) is 37.8 Å². The standard InChI is InChI=1S/C17H13F2N3/c18-16-2-1-12(7-17(16)19)9-22-15-8-14(10-21-11-15)13-3-5-20-6-4-13/h1-8,10-11,22H,9H2. The number of nitrogens with one attached hydrogen (secondary N) is 1. The molecule has 22 heavy (non-hydrogen) atoms. The summed E-state index contributed by atoms with van der Waals surface area (Å²) in [7, 11) is 0. The molecule has 2 aromatic heterocycles. The smallest absolute Gasteiger partial charge is 0.159 e. The largest absolute Gasteiger partial charge is 0.380 e. The van der Waals surface area contributed by atoms with Crippen LogP contribution in [0.25, 0.3) is 11.1 Å². The lowest BCUT2D eigenvalue weighted by atomic mass is 10.1. The Morgan fingerprint density at radius 2 is 1.64 bits per heavy atom. The van der Waals surface area contributed by atoms with Crippen molar-refractivity contribution in [3.05, 3.63) is 78.4 Å². The normalized spacial score (nSPS) is 10.5. The number of hydrogen-bond acceptors (Lipinski definition) is 3. The van der Waals surface area contributed by atoms with Gasteiger partial charge in [-0.15, -0.1) is 0 Å². The van der Waals surface area contributed by atoms with Crippen LogP contribution in [0.1, 0.15) is 5.56 Å². The Balaban J connectivity index is 1.74. The van der Waals surface area contributed by atoms with E-state index in [0.717, 1.165) is 22.9 Å². The minimum absolute atomic E-state index is 0.388. The Hall–Kier alpha value is -2.82. The van der Waals surface area contributed by atoms with Crippen molar-refractivity contribution in [1.29, 1.82) is 0 Å². The molecular formula is C17H13F2N3. The molecule has 2 heterocycles. The summed E-state index contributed by atoms with van der Waals surface area (Å²) in [4.78, 5) is 8.17. The van der Waals surface area contributed by atoms with Gasteiger partial charge in [-0.25, -0.2) is 8.78 Å². The lowest BCUT2D eigenvalue weighted by Gasteiger charge is -2.08. The van der Waals surface area contributed by atoms with E-state index in [1.165, 1.54) is 6.07 Å². The Labute approximate surface area is 126 Å². The van der Waals surface area contributed by atoms with Crippen LogP contribution in [0, 0.1) is 11.6 Å². The third kappa shape index (κ3) is 3.25. The summed E-state index contributed by atoms with van der Waals surface area (Å²) in [5.74, 6) is -1.69. The van der Waals surface area contributed by atoms with Gasteiger partial charge < -0.3 is 5.32 Å². The summed E-state index contributed by atoms with van der Waals surface area (Å²) in [6.07, 6.45) is 6.89. The highest BCUT2D eigenvalue weighted by molar-refractivity contribution is 5.66. The van der Waals surface area contributed by atoms with Crippen molar-refractivity contribution < 1.29 is 8.78 Å². The molecule has 5 heteroatoms. The minimum Gasteiger partial charge on any atom is -0.380 e. The number of hydrogen-bond donors (Lipinski definition) is 1. The van der Waals surface area contributed by atoms with E-state index in [1.54, 1.807) is 30.9 Å². The number of nitrogens with zero attached hydrogens (tertiary/aromatic N) is 2. The van der Waals surface area contributed by atoms with Gasteiger partial charge in [-0.2, -0.15) is 0 Å². The Bertz CT molecular complexity index is 776. The highest BCUT2D eigenvalue weighted by Gasteiger charge is 2.03. The second-order valence-electron chi connectivity index (χ2n) is 4.80. The summed E-state index contributed by atoms with van der Waals surface area (Å²) in [5, 5.41) is 3.15. The number of pyridine rings is 2. The predicted molar refractivity (Wildman–Crippen MR) is 81.2 cm³/mol. The third-order valence-corrected chi connectivity index (χ3v) is 3.23. The highest BCUT2D eigenvalue weighted by atomic mass is 19.2. The fourth-order valence-electron chi connectivity index (χ4n) is 2.09. The minimum atomic E-state index is -0.844. The number of benzene rings is 1. The first kappa shape index (κ1) is 14.1. The zero-order valence-electron chi connectivity index (χ0n) is 11.6. The van der Waals surface area contributed by atoms with E-state index in [1.807, 2.05) is 18.2 Å². The number of anilines is 1. The molecule has 0 spiro atoms. The van der Waals surface area contributed by atoms with Crippen LogP contribution in [0.3, 0.4) is 0 Å². The molecule has 0 aliphatic rings. The van der Waals surface area contributed by atoms with Gasteiger partial charge in [0.25, 0.3) is 0 Å². The van der Waals surface area contributed by atoms with Gasteiger partial charge in [-0.1, -0.05) is 6.07 Å². The molecule has 0 unspecified atom stereocenters. The number of halogens is 2. The fraction of sp³-hybridized carbons (Fsp3) is 0.0588. The van der Waals surface area contributed by atoms with Crippen LogP contribution in [0.5, 0.6) is 0 Å². The molecular weight excluding hydrogens is 284 g/mol. The summed E-state index contributed by atoms with van der Waals surface area (Å²) in [6.45, 7) is 0.388. The van der Waals surface area contributed by atoms with Crippen LogP contribution in [-0.4, -0.2) is 9.97 Å². The number of rotatable bonds is 4. The van der Waals surface area contributed by atoms with Crippen LogP contribution >= 0.6 is 0 Å². The summed E-state index contributed by atoms with van der Waals surface area (Å²) in [6, 6.07) is 9.60. The summed E-state index contributed by atoms with van der Waals surface area (Å²) >= 11 is 0. The maximum atomic E-state index is 13.2. The molecule has 3 rings (SSSR count). The van der Waals surface area contributed by atoms with Gasteiger partial charge in [-0.05, 0) is 41.5 Å². The maximum Gasteiger partial charge on any atom is 0.159 e. The van der Waals surface area contributed by atoms with Crippen molar-refractivity contribution in [2.75, 3.05) is 5.32 Å².